The molecule has 158 valence electrons. The van der Waals surface area contributed by atoms with E-state index in [1.807, 2.05) is 0 Å². The zero-order valence-corrected chi connectivity index (χ0v) is 15.5. The van der Waals surface area contributed by atoms with E-state index in [1.54, 1.807) is 0 Å². The van der Waals surface area contributed by atoms with E-state index in [2.05, 4.69) is 5.32 Å². The largest absolute Gasteiger partial charge is 0.403 e. The van der Waals surface area contributed by atoms with Gasteiger partial charge in [-0.15, -0.1) is 0 Å². The minimum absolute atomic E-state index is 0.0248. The third-order valence-electron chi connectivity index (χ3n) is 6.86. The molecule has 0 aromatic heterocycles. The predicted molar refractivity (Wildman–Crippen MR) is 90.4 cm³/mol. The van der Waals surface area contributed by atoms with Crippen LogP contribution < -0.4 is 5.32 Å². The van der Waals surface area contributed by atoms with Gasteiger partial charge in [0.2, 0.25) is 0 Å². The molecule has 2 aliphatic carbocycles. The third-order valence-corrected chi connectivity index (χ3v) is 6.86. The first-order chi connectivity index (χ1) is 13.3. The Morgan fingerprint density at radius 1 is 1.21 bits per heavy atom. The second kappa shape index (κ2) is 7.66. The molecule has 2 bridgehead atoms. The first-order valence-corrected chi connectivity index (χ1v) is 10.0. The Hall–Kier alpha value is -1.03. The number of fused-ring (bicyclic) bond motifs is 2. The van der Waals surface area contributed by atoms with Gasteiger partial charge in [-0.3, -0.25) is 9.59 Å². The number of ether oxygens (including phenoxy) is 2. The number of nitrogens with one attached hydrogen (secondary N) is 1. The number of alkyl halides is 3. The van der Waals surface area contributed by atoms with Crippen LogP contribution in [0, 0.1) is 23.7 Å². The molecule has 4 aliphatic rings. The number of piperidine rings is 1. The van der Waals surface area contributed by atoms with E-state index in [0.717, 1.165) is 0 Å². The molecule has 4 rings (SSSR count). The van der Waals surface area contributed by atoms with E-state index in [0.29, 0.717) is 32.5 Å². The first-order valence-electron chi connectivity index (χ1n) is 10.0. The average molecular weight is 405 g/mol. The number of hydrogen-bond donors (Lipinski definition) is 2. The standard InChI is InChI=1S/C19H26F3NO5/c20-19(21,22)14-4-3-12(13(23-14)8-28-11-6-27-7-11)18(26)15-16(24)9-1-2-10(5-9)17(15)25/h9-16,23-24H,1-8H2. The lowest BCUT2D eigenvalue weighted by atomic mass is 9.70. The topological polar surface area (TPSA) is 84.9 Å². The van der Waals surface area contributed by atoms with Crippen molar-refractivity contribution in [3.8, 4) is 0 Å². The smallest absolute Gasteiger partial charge is 0.392 e. The van der Waals surface area contributed by atoms with Crippen LogP contribution in [0.5, 0.6) is 0 Å². The lowest BCUT2D eigenvalue weighted by Crippen LogP contribution is -2.60. The van der Waals surface area contributed by atoms with E-state index in [-0.39, 0.29) is 43.2 Å². The van der Waals surface area contributed by atoms with Crippen LogP contribution in [0.1, 0.15) is 32.1 Å². The maximum atomic E-state index is 13.2. The van der Waals surface area contributed by atoms with Crippen LogP contribution >= 0.6 is 0 Å². The summed E-state index contributed by atoms with van der Waals surface area (Å²) in [6.45, 7) is 0.718. The molecule has 0 radical (unpaired) electrons. The fourth-order valence-corrected chi connectivity index (χ4v) is 5.14. The first kappa shape index (κ1) is 20.3. The van der Waals surface area contributed by atoms with E-state index in [4.69, 9.17) is 9.47 Å². The summed E-state index contributed by atoms with van der Waals surface area (Å²) in [7, 11) is 0. The Morgan fingerprint density at radius 2 is 1.96 bits per heavy atom. The van der Waals surface area contributed by atoms with Gasteiger partial charge in [0.1, 0.15) is 23.8 Å². The number of carbonyl (C=O) groups excluding carboxylic acids is 2. The van der Waals surface area contributed by atoms with Crippen molar-refractivity contribution < 1.29 is 37.3 Å². The quantitative estimate of drug-likeness (QED) is 0.670. The number of hydrogen-bond acceptors (Lipinski definition) is 6. The molecule has 28 heavy (non-hydrogen) atoms. The molecule has 0 aromatic carbocycles. The summed E-state index contributed by atoms with van der Waals surface area (Å²) in [5.41, 5.74) is 0. The van der Waals surface area contributed by atoms with Crippen LogP contribution in [0.3, 0.4) is 0 Å². The van der Waals surface area contributed by atoms with Crippen molar-refractivity contribution in [1.29, 1.82) is 0 Å². The van der Waals surface area contributed by atoms with Crippen molar-refractivity contribution in [2.24, 2.45) is 23.7 Å². The normalized spacial score (nSPS) is 41.7. The summed E-state index contributed by atoms with van der Waals surface area (Å²) >= 11 is 0. The molecule has 2 saturated carbocycles. The second-order valence-corrected chi connectivity index (χ2v) is 8.59. The van der Waals surface area contributed by atoms with Gasteiger partial charge < -0.3 is 19.9 Å². The zero-order chi connectivity index (χ0) is 20.1. The molecular formula is C19H26F3NO5. The Balaban J connectivity index is 1.49. The molecule has 2 aliphatic heterocycles. The highest BCUT2D eigenvalue weighted by atomic mass is 19.4. The summed E-state index contributed by atoms with van der Waals surface area (Å²) in [6, 6.07) is -2.54. The zero-order valence-electron chi connectivity index (χ0n) is 15.5. The molecule has 0 amide bonds. The molecule has 9 heteroatoms. The van der Waals surface area contributed by atoms with Crippen molar-refractivity contribution >= 4 is 11.6 Å². The van der Waals surface area contributed by atoms with Crippen molar-refractivity contribution in [1.82, 2.24) is 5.32 Å². The maximum Gasteiger partial charge on any atom is 0.403 e. The molecule has 4 fully saturated rings. The Bertz CT molecular complexity index is 623. The minimum Gasteiger partial charge on any atom is -0.392 e. The monoisotopic (exact) mass is 405 g/mol. The molecule has 7 unspecified atom stereocenters. The van der Waals surface area contributed by atoms with Crippen LogP contribution in [-0.2, 0) is 19.1 Å². The summed E-state index contributed by atoms with van der Waals surface area (Å²) in [5, 5.41) is 13.1. The maximum absolute atomic E-state index is 13.2. The lowest BCUT2D eigenvalue weighted by Gasteiger charge is -2.41. The van der Waals surface area contributed by atoms with E-state index in [9.17, 15) is 27.9 Å². The van der Waals surface area contributed by atoms with Gasteiger partial charge in [-0.05, 0) is 38.0 Å². The van der Waals surface area contributed by atoms with Crippen molar-refractivity contribution in [3.63, 3.8) is 0 Å². The Morgan fingerprint density at radius 3 is 2.61 bits per heavy atom. The number of ketones is 2. The number of carbonyl (C=O) groups is 2. The number of aliphatic hydroxyl groups excluding tert-OH is 1. The molecule has 6 nitrogen and oxygen atoms in total. The number of halogens is 3. The summed E-state index contributed by atoms with van der Waals surface area (Å²) in [5.74, 6) is -2.84. The summed E-state index contributed by atoms with van der Waals surface area (Å²) < 4.78 is 50.2. The van der Waals surface area contributed by atoms with Crippen LogP contribution in [0.15, 0.2) is 0 Å². The molecule has 2 N–H and O–H groups in total. The highest BCUT2D eigenvalue weighted by Gasteiger charge is 2.53. The van der Waals surface area contributed by atoms with Gasteiger partial charge in [0.25, 0.3) is 0 Å². The van der Waals surface area contributed by atoms with Crippen molar-refractivity contribution in [3.05, 3.63) is 0 Å². The SMILES string of the molecule is O=C1C2CCC(C2)C(O)C1C(=O)C1CCC(C(F)(F)F)NC1COC1COC1. The Kier molecular flexibility index (Phi) is 5.54. The second-order valence-electron chi connectivity index (χ2n) is 8.59. The van der Waals surface area contributed by atoms with Gasteiger partial charge in [0.15, 0.2) is 5.78 Å². The van der Waals surface area contributed by atoms with E-state index in [1.165, 1.54) is 0 Å². The van der Waals surface area contributed by atoms with Crippen LogP contribution in [-0.4, -0.2) is 67.0 Å². The number of Topliss-reactive ketones (excluding diaryl/α,β-unsaturated/α-hetero) is 2. The number of aliphatic hydroxyl groups is 1. The third kappa shape index (κ3) is 3.74. The highest BCUT2D eigenvalue weighted by molar-refractivity contribution is 6.06. The van der Waals surface area contributed by atoms with Crippen LogP contribution in [0.4, 0.5) is 13.2 Å². The van der Waals surface area contributed by atoms with E-state index >= 15 is 0 Å². The molecule has 0 spiro atoms. The molecule has 0 aromatic rings. The molecule has 2 saturated heterocycles. The van der Waals surface area contributed by atoms with Gasteiger partial charge in [0, 0.05) is 17.9 Å². The lowest BCUT2D eigenvalue weighted by molar-refractivity contribution is -0.177. The van der Waals surface area contributed by atoms with Gasteiger partial charge in [-0.25, -0.2) is 0 Å². The van der Waals surface area contributed by atoms with Crippen LogP contribution in [0.2, 0.25) is 0 Å². The number of rotatable bonds is 5. The van der Waals surface area contributed by atoms with Crippen LogP contribution in [0.25, 0.3) is 0 Å². The predicted octanol–water partition coefficient (Wildman–Crippen LogP) is 1.25. The van der Waals surface area contributed by atoms with E-state index < -0.39 is 42.0 Å². The fourth-order valence-electron chi connectivity index (χ4n) is 5.14. The van der Waals surface area contributed by atoms with Crippen molar-refractivity contribution in [2.75, 3.05) is 19.8 Å². The van der Waals surface area contributed by atoms with Gasteiger partial charge >= 0.3 is 6.18 Å². The molecular weight excluding hydrogens is 379 g/mol. The minimum atomic E-state index is -4.41. The van der Waals surface area contributed by atoms with Crippen molar-refractivity contribution in [2.45, 2.75) is 62.6 Å². The molecule has 2 heterocycles. The van der Waals surface area contributed by atoms with Gasteiger partial charge in [-0.2, -0.15) is 13.2 Å². The summed E-state index contributed by atoms with van der Waals surface area (Å²) in [4.78, 5) is 25.9. The molecule has 7 atom stereocenters. The summed E-state index contributed by atoms with van der Waals surface area (Å²) in [6.07, 6.45) is -3.82. The highest BCUT2D eigenvalue weighted by Crippen LogP contribution is 2.44. The van der Waals surface area contributed by atoms with Gasteiger partial charge in [-0.1, -0.05) is 0 Å². The van der Waals surface area contributed by atoms with Gasteiger partial charge in [0.05, 0.1) is 25.9 Å². The Labute approximate surface area is 161 Å². The fraction of sp³-hybridized carbons (Fsp3) is 0.895. The average Bonchev–Trinajstić information content (AvgIpc) is 3.05.